The van der Waals surface area contributed by atoms with Crippen LogP contribution >= 0.6 is 11.6 Å². The van der Waals surface area contributed by atoms with Crippen molar-refractivity contribution in [1.29, 1.82) is 0 Å². The van der Waals surface area contributed by atoms with Crippen molar-refractivity contribution in [2.75, 3.05) is 37.0 Å². The standard InChI is InChI=1S/C18H17ClFN3O3/c1-26-16-7-2-12(19)10-15(16)21-17(24)11-22-8-9-23(18(22)25)14-5-3-13(20)4-6-14/h2-7,10H,8-9,11H2,1H3,(H,21,24). The third-order valence-corrected chi connectivity index (χ3v) is 4.24. The Morgan fingerprint density at radius 2 is 1.96 bits per heavy atom. The van der Waals surface area contributed by atoms with Crippen LogP contribution in [-0.4, -0.2) is 43.6 Å². The van der Waals surface area contributed by atoms with Gasteiger partial charge in [0.25, 0.3) is 0 Å². The number of hydrogen-bond donors (Lipinski definition) is 1. The molecule has 1 N–H and O–H groups in total. The van der Waals surface area contributed by atoms with Crippen LogP contribution < -0.4 is 15.0 Å². The summed E-state index contributed by atoms with van der Waals surface area (Å²) in [6, 6.07) is 10.2. The zero-order chi connectivity index (χ0) is 18.7. The van der Waals surface area contributed by atoms with E-state index in [0.29, 0.717) is 35.2 Å². The predicted octanol–water partition coefficient (Wildman–Crippen LogP) is 3.37. The molecule has 6 nitrogen and oxygen atoms in total. The summed E-state index contributed by atoms with van der Waals surface area (Å²) in [6.45, 7) is 0.723. The van der Waals surface area contributed by atoms with Crippen LogP contribution in [0.25, 0.3) is 0 Å². The Labute approximate surface area is 155 Å². The maximum absolute atomic E-state index is 13.0. The highest BCUT2D eigenvalue weighted by atomic mass is 35.5. The molecule has 0 atom stereocenters. The smallest absolute Gasteiger partial charge is 0.325 e. The first kappa shape index (κ1) is 18.0. The molecule has 2 aromatic carbocycles. The average Bonchev–Trinajstić information content (AvgIpc) is 2.96. The Morgan fingerprint density at radius 1 is 1.23 bits per heavy atom. The van der Waals surface area contributed by atoms with Crippen LogP contribution in [-0.2, 0) is 4.79 Å². The molecule has 0 bridgehead atoms. The molecule has 0 unspecified atom stereocenters. The fraction of sp³-hybridized carbons (Fsp3) is 0.222. The first-order valence-corrected chi connectivity index (χ1v) is 8.31. The lowest BCUT2D eigenvalue weighted by Crippen LogP contribution is -2.37. The maximum atomic E-state index is 13.0. The number of methoxy groups -OCH3 is 1. The van der Waals surface area contributed by atoms with Gasteiger partial charge >= 0.3 is 6.03 Å². The number of benzene rings is 2. The number of halogens is 2. The van der Waals surface area contributed by atoms with Crippen LogP contribution in [0.15, 0.2) is 42.5 Å². The van der Waals surface area contributed by atoms with E-state index in [0.717, 1.165) is 0 Å². The quantitative estimate of drug-likeness (QED) is 0.869. The van der Waals surface area contributed by atoms with Crippen molar-refractivity contribution in [2.45, 2.75) is 0 Å². The van der Waals surface area contributed by atoms with Gasteiger partial charge in [0, 0.05) is 23.8 Å². The van der Waals surface area contributed by atoms with Gasteiger partial charge in [-0.15, -0.1) is 0 Å². The Hall–Kier alpha value is -2.80. The minimum absolute atomic E-state index is 0.105. The van der Waals surface area contributed by atoms with E-state index in [1.54, 1.807) is 18.2 Å². The van der Waals surface area contributed by atoms with Crippen molar-refractivity contribution in [2.24, 2.45) is 0 Å². The molecule has 2 aromatic rings. The number of urea groups is 1. The van der Waals surface area contributed by atoms with Gasteiger partial charge in [0.05, 0.1) is 12.8 Å². The molecule has 1 heterocycles. The lowest BCUT2D eigenvalue weighted by molar-refractivity contribution is -0.116. The largest absolute Gasteiger partial charge is 0.495 e. The molecule has 0 saturated carbocycles. The Balaban J connectivity index is 1.64. The van der Waals surface area contributed by atoms with Gasteiger partial charge in [-0.25, -0.2) is 9.18 Å². The average molecular weight is 378 g/mol. The van der Waals surface area contributed by atoms with Crippen molar-refractivity contribution in [3.63, 3.8) is 0 Å². The SMILES string of the molecule is COc1ccc(Cl)cc1NC(=O)CN1CCN(c2ccc(F)cc2)C1=O. The molecule has 8 heteroatoms. The number of nitrogens with zero attached hydrogens (tertiary/aromatic N) is 2. The number of amides is 3. The molecule has 0 aliphatic carbocycles. The summed E-state index contributed by atoms with van der Waals surface area (Å²) in [5, 5.41) is 3.16. The van der Waals surface area contributed by atoms with E-state index in [9.17, 15) is 14.0 Å². The third kappa shape index (κ3) is 3.88. The highest BCUT2D eigenvalue weighted by Crippen LogP contribution is 2.28. The Kier molecular flexibility index (Phi) is 5.27. The zero-order valence-electron chi connectivity index (χ0n) is 14.0. The normalized spacial score (nSPS) is 13.9. The molecule has 1 aliphatic heterocycles. The monoisotopic (exact) mass is 377 g/mol. The number of hydrogen-bond acceptors (Lipinski definition) is 3. The summed E-state index contributed by atoms with van der Waals surface area (Å²) in [6.07, 6.45) is 0. The second-order valence-corrected chi connectivity index (χ2v) is 6.16. The number of ether oxygens (including phenoxy) is 1. The molecule has 26 heavy (non-hydrogen) atoms. The van der Waals surface area contributed by atoms with Crippen molar-refractivity contribution < 1.29 is 18.7 Å². The predicted molar refractivity (Wildman–Crippen MR) is 97.3 cm³/mol. The molecule has 1 fully saturated rings. The van der Waals surface area contributed by atoms with Crippen LogP contribution in [0.5, 0.6) is 5.75 Å². The Morgan fingerprint density at radius 3 is 2.65 bits per heavy atom. The minimum Gasteiger partial charge on any atom is -0.495 e. The summed E-state index contributed by atoms with van der Waals surface area (Å²) in [7, 11) is 1.49. The summed E-state index contributed by atoms with van der Waals surface area (Å²) in [5.74, 6) is -0.254. The Bertz CT molecular complexity index is 829. The van der Waals surface area contributed by atoms with Gasteiger partial charge in [-0.2, -0.15) is 0 Å². The van der Waals surface area contributed by atoms with Gasteiger partial charge in [-0.1, -0.05) is 11.6 Å². The number of nitrogens with one attached hydrogen (secondary N) is 1. The fourth-order valence-corrected chi connectivity index (χ4v) is 2.90. The third-order valence-electron chi connectivity index (χ3n) is 4.00. The molecule has 0 aromatic heterocycles. The van der Waals surface area contributed by atoms with Gasteiger partial charge in [-0.3, -0.25) is 9.69 Å². The molecular formula is C18H17ClFN3O3. The van der Waals surface area contributed by atoms with Crippen molar-refractivity contribution >= 4 is 34.9 Å². The number of carbonyl (C=O) groups is 2. The van der Waals surface area contributed by atoms with Crippen molar-refractivity contribution in [3.8, 4) is 5.75 Å². The molecule has 3 amide bonds. The number of anilines is 2. The van der Waals surface area contributed by atoms with E-state index in [4.69, 9.17) is 16.3 Å². The second kappa shape index (κ2) is 7.61. The second-order valence-electron chi connectivity index (χ2n) is 5.72. The highest BCUT2D eigenvalue weighted by Gasteiger charge is 2.31. The van der Waals surface area contributed by atoms with E-state index >= 15 is 0 Å². The lowest BCUT2D eigenvalue weighted by Gasteiger charge is -2.19. The first-order valence-electron chi connectivity index (χ1n) is 7.93. The van der Waals surface area contributed by atoms with E-state index in [1.165, 1.54) is 41.2 Å². The number of carbonyl (C=O) groups excluding carboxylic acids is 2. The molecule has 136 valence electrons. The van der Waals surface area contributed by atoms with Crippen LogP contribution in [0.1, 0.15) is 0 Å². The van der Waals surface area contributed by atoms with E-state index in [2.05, 4.69) is 5.32 Å². The van der Waals surface area contributed by atoms with Crippen molar-refractivity contribution in [1.82, 2.24) is 4.90 Å². The summed E-state index contributed by atoms with van der Waals surface area (Å²) in [5.41, 5.74) is 1.03. The first-order chi connectivity index (χ1) is 12.5. The van der Waals surface area contributed by atoms with Crippen molar-refractivity contribution in [3.05, 3.63) is 53.3 Å². The van der Waals surface area contributed by atoms with Crippen LogP contribution in [0.2, 0.25) is 5.02 Å². The molecule has 1 saturated heterocycles. The molecule has 0 spiro atoms. The summed E-state index contributed by atoms with van der Waals surface area (Å²) < 4.78 is 18.2. The summed E-state index contributed by atoms with van der Waals surface area (Å²) >= 11 is 5.94. The molecular weight excluding hydrogens is 361 g/mol. The lowest BCUT2D eigenvalue weighted by atomic mass is 10.3. The van der Waals surface area contributed by atoms with E-state index in [1.807, 2.05) is 0 Å². The van der Waals surface area contributed by atoms with Crippen LogP contribution in [0, 0.1) is 5.82 Å². The van der Waals surface area contributed by atoms with Gasteiger partial charge < -0.3 is 15.0 Å². The zero-order valence-corrected chi connectivity index (χ0v) is 14.8. The van der Waals surface area contributed by atoms with Gasteiger partial charge in [0.1, 0.15) is 18.1 Å². The van der Waals surface area contributed by atoms with Gasteiger partial charge in [0.15, 0.2) is 0 Å². The van der Waals surface area contributed by atoms with E-state index in [-0.39, 0.29) is 24.3 Å². The fourth-order valence-electron chi connectivity index (χ4n) is 2.73. The highest BCUT2D eigenvalue weighted by molar-refractivity contribution is 6.31. The number of rotatable bonds is 5. The molecule has 1 aliphatic rings. The maximum Gasteiger partial charge on any atom is 0.325 e. The molecule has 0 radical (unpaired) electrons. The van der Waals surface area contributed by atoms with Crippen LogP contribution in [0.3, 0.4) is 0 Å². The van der Waals surface area contributed by atoms with Gasteiger partial charge in [-0.05, 0) is 42.5 Å². The summed E-state index contributed by atoms with van der Waals surface area (Å²) in [4.78, 5) is 27.7. The molecule has 3 rings (SSSR count). The van der Waals surface area contributed by atoms with Crippen LogP contribution in [0.4, 0.5) is 20.6 Å². The van der Waals surface area contributed by atoms with E-state index < -0.39 is 0 Å². The van der Waals surface area contributed by atoms with Gasteiger partial charge in [0.2, 0.25) is 5.91 Å². The topological polar surface area (TPSA) is 61.9 Å². The minimum atomic E-state index is -0.368.